The SMILES string of the molecule is CCCN(CCC)C(=O)c1c(NC(=O)c2ccc(S(=O)(=O)N3CCN(C(=O)OCC)CC3)cc2)sc2c1CCN(C)C2. The number of anilines is 1. The van der Waals surface area contributed by atoms with Gasteiger partial charge in [-0.1, -0.05) is 13.8 Å². The molecule has 1 N–H and O–H groups in total. The molecule has 0 atom stereocenters. The molecule has 2 aliphatic heterocycles. The third kappa shape index (κ3) is 6.96. The fraction of sp³-hybridized carbons (Fsp3) is 0.552. The largest absolute Gasteiger partial charge is 0.450 e. The summed E-state index contributed by atoms with van der Waals surface area (Å²) < 4.78 is 32.8. The van der Waals surface area contributed by atoms with Gasteiger partial charge in [0.1, 0.15) is 5.00 Å². The first-order valence-electron chi connectivity index (χ1n) is 14.6. The van der Waals surface area contributed by atoms with Gasteiger partial charge in [-0.25, -0.2) is 13.2 Å². The molecule has 3 amide bonds. The number of carbonyl (C=O) groups excluding carboxylic acids is 3. The zero-order valence-corrected chi connectivity index (χ0v) is 26.5. The zero-order valence-electron chi connectivity index (χ0n) is 24.8. The van der Waals surface area contributed by atoms with E-state index < -0.39 is 22.0 Å². The Morgan fingerprint density at radius 1 is 0.976 bits per heavy atom. The molecule has 13 heteroatoms. The number of rotatable bonds is 10. The standard InChI is InChI=1S/C29H41N5O6S2/c1-5-13-32(14-6-2)28(36)25-23-12-15-31(4)20-24(23)41-27(25)30-26(35)21-8-10-22(11-9-21)42(38,39)34-18-16-33(17-19-34)29(37)40-7-3/h8-11H,5-7,12-20H2,1-4H3,(H,30,35). The summed E-state index contributed by atoms with van der Waals surface area (Å²) in [7, 11) is -1.76. The van der Waals surface area contributed by atoms with Crippen LogP contribution in [0.3, 0.4) is 0 Å². The molecule has 42 heavy (non-hydrogen) atoms. The number of nitrogens with zero attached hydrogens (tertiary/aromatic N) is 4. The molecule has 1 saturated heterocycles. The summed E-state index contributed by atoms with van der Waals surface area (Å²) in [6.45, 7) is 9.74. The van der Waals surface area contributed by atoms with E-state index in [9.17, 15) is 22.8 Å². The van der Waals surface area contributed by atoms with E-state index in [0.29, 0.717) is 29.2 Å². The van der Waals surface area contributed by atoms with E-state index in [1.807, 2.05) is 25.8 Å². The van der Waals surface area contributed by atoms with Gasteiger partial charge in [-0.15, -0.1) is 11.3 Å². The van der Waals surface area contributed by atoms with Crippen LogP contribution in [-0.4, -0.2) is 105 Å². The number of ether oxygens (including phenoxy) is 1. The summed E-state index contributed by atoms with van der Waals surface area (Å²) >= 11 is 1.44. The molecule has 0 radical (unpaired) electrons. The molecular weight excluding hydrogens is 578 g/mol. The van der Waals surface area contributed by atoms with Gasteiger partial charge in [0.25, 0.3) is 11.8 Å². The Bertz CT molecular complexity index is 1380. The summed E-state index contributed by atoms with van der Waals surface area (Å²) in [6.07, 6.45) is 1.99. The molecule has 1 aromatic heterocycles. The normalized spacial score (nSPS) is 16.1. The number of thiophene rings is 1. The van der Waals surface area contributed by atoms with E-state index in [1.54, 1.807) is 6.92 Å². The van der Waals surface area contributed by atoms with E-state index in [0.717, 1.165) is 42.8 Å². The lowest BCUT2D eigenvalue weighted by molar-refractivity contribution is 0.0755. The molecule has 0 aliphatic carbocycles. The fourth-order valence-electron chi connectivity index (χ4n) is 5.29. The van der Waals surface area contributed by atoms with Crippen LogP contribution in [0.4, 0.5) is 9.80 Å². The summed E-state index contributed by atoms with van der Waals surface area (Å²) in [4.78, 5) is 45.8. The molecule has 0 unspecified atom stereocenters. The average Bonchev–Trinajstić information content (AvgIpc) is 3.33. The number of benzene rings is 1. The summed E-state index contributed by atoms with van der Waals surface area (Å²) in [5, 5.41) is 3.51. The first kappa shape index (κ1) is 31.9. The smallest absolute Gasteiger partial charge is 0.409 e. The molecule has 4 rings (SSSR count). The molecule has 0 saturated carbocycles. The lowest BCUT2D eigenvalue weighted by Crippen LogP contribution is -2.50. The van der Waals surface area contributed by atoms with Crippen molar-refractivity contribution >= 4 is 44.3 Å². The predicted molar refractivity (Wildman–Crippen MR) is 163 cm³/mol. The Hall–Kier alpha value is -3.00. The maximum atomic E-state index is 13.7. The Balaban J connectivity index is 1.51. The Morgan fingerprint density at radius 3 is 2.21 bits per heavy atom. The Kier molecular flexibility index (Phi) is 10.6. The first-order chi connectivity index (χ1) is 20.1. The molecule has 230 valence electrons. The average molecular weight is 620 g/mol. The maximum Gasteiger partial charge on any atom is 0.409 e. The highest BCUT2D eigenvalue weighted by Gasteiger charge is 2.32. The van der Waals surface area contributed by atoms with Crippen molar-refractivity contribution in [2.75, 3.05) is 64.8 Å². The molecular formula is C29H41N5O6S2. The highest BCUT2D eigenvalue weighted by Crippen LogP contribution is 2.38. The molecule has 11 nitrogen and oxygen atoms in total. The zero-order chi connectivity index (χ0) is 30.4. The van der Waals surface area contributed by atoms with Crippen LogP contribution in [0.5, 0.6) is 0 Å². The van der Waals surface area contributed by atoms with Crippen molar-refractivity contribution in [2.45, 2.75) is 51.5 Å². The van der Waals surface area contributed by atoms with Crippen LogP contribution in [0.25, 0.3) is 0 Å². The number of piperazine rings is 1. The number of amides is 3. The minimum absolute atomic E-state index is 0.0550. The first-order valence-corrected chi connectivity index (χ1v) is 16.8. The highest BCUT2D eigenvalue weighted by molar-refractivity contribution is 7.89. The minimum Gasteiger partial charge on any atom is -0.450 e. The van der Waals surface area contributed by atoms with Crippen molar-refractivity contribution in [1.29, 1.82) is 0 Å². The van der Waals surface area contributed by atoms with E-state index in [2.05, 4.69) is 10.2 Å². The maximum absolute atomic E-state index is 13.7. The fourth-order valence-corrected chi connectivity index (χ4v) is 8.02. The molecule has 0 spiro atoms. The van der Waals surface area contributed by atoms with Crippen molar-refractivity contribution in [2.24, 2.45) is 0 Å². The second kappa shape index (κ2) is 14.0. The molecule has 1 aromatic carbocycles. The third-order valence-electron chi connectivity index (χ3n) is 7.48. The van der Waals surface area contributed by atoms with Gasteiger partial charge in [-0.2, -0.15) is 4.31 Å². The Morgan fingerprint density at radius 2 is 1.62 bits per heavy atom. The number of likely N-dealkylation sites (N-methyl/N-ethyl adjacent to an activating group) is 1. The van der Waals surface area contributed by atoms with Crippen LogP contribution >= 0.6 is 11.3 Å². The van der Waals surface area contributed by atoms with Gasteiger partial charge < -0.3 is 24.8 Å². The number of fused-ring (bicyclic) bond motifs is 1. The van der Waals surface area contributed by atoms with Gasteiger partial charge in [0.05, 0.1) is 17.1 Å². The van der Waals surface area contributed by atoms with E-state index in [1.165, 1.54) is 44.8 Å². The van der Waals surface area contributed by atoms with Crippen LogP contribution in [0.15, 0.2) is 29.2 Å². The van der Waals surface area contributed by atoms with Gasteiger partial charge in [0, 0.05) is 62.8 Å². The lowest BCUT2D eigenvalue weighted by atomic mass is 10.0. The second-order valence-electron chi connectivity index (χ2n) is 10.6. The molecule has 1 fully saturated rings. The van der Waals surface area contributed by atoms with E-state index in [4.69, 9.17) is 4.74 Å². The van der Waals surface area contributed by atoms with Gasteiger partial charge in [0.15, 0.2) is 0 Å². The molecule has 3 heterocycles. The van der Waals surface area contributed by atoms with E-state index in [-0.39, 0.29) is 43.6 Å². The van der Waals surface area contributed by atoms with Crippen LogP contribution in [0.2, 0.25) is 0 Å². The minimum atomic E-state index is -3.80. The second-order valence-corrected chi connectivity index (χ2v) is 13.6. The van der Waals surface area contributed by atoms with Gasteiger partial charge in [-0.3, -0.25) is 9.59 Å². The quantitative estimate of drug-likeness (QED) is 0.431. The third-order valence-corrected chi connectivity index (χ3v) is 10.5. The summed E-state index contributed by atoms with van der Waals surface area (Å²) in [5.41, 5.74) is 1.89. The van der Waals surface area contributed by atoms with Crippen LogP contribution in [-0.2, 0) is 27.7 Å². The van der Waals surface area contributed by atoms with Gasteiger partial charge in [-0.05, 0) is 63.1 Å². The predicted octanol–water partition coefficient (Wildman–Crippen LogP) is 3.71. The van der Waals surface area contributed by atoms with Gasteiger partial charge in [0.2, 0.25) is 10.0 Å². The molecule has 2 aliphatic rings. The molecule has 0 bridgehead atoms. The van der Waals surface area contributed by atoms with E-state index >= 15 is 0 Å². The molecule has 2 aromatic rings. The van der Waals surface area contributed by atoms with Crippen molar-refractivity contribution in [1.82, 2.24) is 19.0 Å². The number of nitrogens with one attached hydrogen (secondary N) is 1. The van der Waals surface area contributed by atoms with Crippen molar-refractivity contribution in [3.63, 3.8) is 0 Å². The van der Waals surface area contributed by atoms with Crippen LogP contribution < -0.4 is 5.32 Å². The lowest BCUT2D eigenvalue weighted by Gasteiger charge is -2.33. The van der Waals surface area contributed by atoms with Crippen molar-refractivity contribution in [3.8, 4) is 0 Å². The number of hydrogen-bond donors (Lipinski definition) is 1. The number of sulfonamides is 1. The van der Waals surface area contributed by atoms with Crippen LogP contribution in [0.1, 0.15) is 64.8 Å². The Labute approximate surface area is 252 Å². The highest BCUT2D eigenvalue weighted by atomic mass is 32.2. The van der Waals surface area contributed by atoms with Crippen molar-refractivity contribution in [3.05, 3.63) is 45.8 Å². The summed E-state index contributed by atoms with van der Waals surface area (Å²) in [5.74, 6) is -0.457. The number of carbonyl (C=O) groups is 3. The van der Waals surface area contributed by atoms with Gasteiger partial charge >= 0.3 is 6.09 Å². The summed E-state index contributed by atoms with van der Waals surface area (Å²) in [6, 6.07) is 5.82. The monoisotopic (exact) mass is 619 g/mol. The topological polar surface area (TPSA) is 120 Å². The van der Waals surface area contributed by atoms with Crippen molar-refractivity contribution < 1.29 is 27.5 Å². The number of hydrogen-bond acceptors (Lipinski definition) is 8. The van der Waals surface area contributed by atoms with Crippen LogP contribution in [0, 0.1) is 0 Å².